The van der Waals surface area contributed by atoms with E-state index in [2.05, 4.69) is 26.1 Å². The van der Waals surface area contributed by atoms with Gasteiger partial charge >= 0.3 is 5.97 Å². The Bertz CT molecular complexity index is 213. The monoisotopic (exact) mass is 199 g/mol. The summed E-state index contributed by atoms with van der Waals surface area (Å²) in [5, 5.41) is 12.1. The van der Waals surface area contributed by atoms with Crippen molar-refractivity contribution < 1.29 is 9.90 Å². The summed E-state index contributed by atoms with van der Waals surface area (Å²) in [5.41, 5.74) is 0.327. The van der Waals surface area contributed by atoms with Crippen LogP contribution >= 0.6 is 0 Å². The third kappa shape index (κ3) is 3.29. The first-order valence-electron chi connectivity index (χ1n) is 5.40. The molecule has 14 heavy (non-hydrogen) atoms. The summed E-state index contributed by atoms with van der Waals surface area (Å²) in [5.74, 6) is -0.334. The molecule has 3 nitrogen and oxygen atoms in total. The highest BCUT2D eigenvalue weighted by Gasteiger charge is 2.42. The largest absolute Gasteiger partial charge is 0.481 e. The number of hydrogen-bond acceptors (Lipinski definition) is 2. The van der Waals surface area contributed by atoms with Gasteiger partial charge in [0.25, 0.3) is 0 Å². The van der Waals surface area contributed by atoms with Crippen LogP contribution in [0.4, 0.5) is 0 Å². The van der Waals surface area contributed by atoms with Gasteiger partial charge in [0.1, 0.15) is 0 Å². The van der Waals surface area contributed by atoms with Crippen molar-refractivity contribution in [2.24, 2.45) is 17.3 Å². The molecule has 3 heteroatoms. The molecule has 0 aromatic heterocycles. The highest BCUT2D eigenvalue weighted by molar-refractivity contribution is 5.73. The molecule has 0 spiro atoms. The average molecular weight is 199 g/mol. The van der Waals surface area contributed by atoms with E-state index in [1.165, 1.54) is 0 Å². The van der Waals surface area contributed by atoms with E-state index in [-0.39, 0.29) is 5.92 Å². The molecule has 2 N–H and O–H groups in total. The molecule has 1 rings (SSSR count). The van der Waals surface area contributed by atoms with Gasteiger partial charge in [-0.2, -0.15) is 0 Å². The lowest BCUT2D eigenvalue weighted by atomic mass is 9.90. The van der Waals surface area contributed by atoms with Crippen molar-refractivity contribution in [3.05, 3.63) is 0 Å². The minimum Gasteiger partial charge on any atom is -0.481 e. The molecule has 82 valence electrons. The molecule has 0 aromatic carbocycles. The zero-order valence-electron chi connectivity index (χ0n) is 9.34. The highest BCUT2D eigenvalue weighted by atomic mass is 16.4. The summed E-state index contributed by atoms with van der Waals surface area (Å²) >= 11 is 0. The fourth-order valence-corrected chi connectivity index (χ4v) is 1.50. The van der Waals surface area contributed by atoms with Crippen LogP contribution in [0.3, 0.4) is 0 Å². The van der Waals surface area contributed by atoms with Crippen molar-refractivity contribution in [2.75, 3.05) is 13.1 Å². The van der Waals surface area contributed by atoms with E-state index in [1.54, 1.807) is 0 Å². The maximum Gasteiger partial charge on any atom is 0.306 e. The topological polar surface area (TPSA) is 49.3 Å². The maximum atomic E-state index is 10.6. The van der Waals surface area contributed by atoms with Crippen LogP contribution in [0.15, 0.2) is 0 Å². The van der Waals surface area contributed by atoms with Crippen LogP contribution in [0.2, 0.25) is 0 Å². The molecular formula is C11H21NO2. The number of hydrogen-bond donors (Lipinski definition) is 2. The van der Waals surface area contributed by atoms with Crippen molar-refractivity contribution in [1.82, 2.24) is 5.32 Å². The Morgan fingerprint density at radius 3 is 2.64 bits per heavy atom. The molecule has 2 atom stereocenters. The van der Waals surface area contributed by atoms with Crippen LogP contribution < -0.4 is 5.32 Å². The molecule has 0 bridgehead atoms. The number of aliphatic carboxylic acids is 1. The Morgan fingerprint density at radius 2 is 2.21 bits per heavy atom. The first-order valence-corrected chi connectivity index (χ1v) is 5.40. The molecule has 0 saturated heterocycles. The lowest BCUT2D eigenvalue weighted by Gasteiger charge is -2.22. The fraction of sp³-hybridized carbons (Fsp3) is 0.909. The molecule has 1 fully saturated rings. The third-order valence-electron chi connectivity index (χ3n) is 3.21. The van der Waals surface area contributed by atoms with E-state index < -0.39 is 5.97 Å². The zero-order valence-corrected chi connectivity index (χ0v) is 9.34. The molecule has 1 aliphatic carbocycles. The van der Waals surface area contributed by atoms with Crippen LogP contribution in [-0.2, 0) is 4.79 Å². The number of nitrogens with one attached hydrogen (secondary N) is 1. The number of carboxylic acid groups (broad SMARTS) is 1. The van der Waals surface area contributed by atoms with Gasteiger partial charge < -0.3 is 10.4 Å². The number of rotatable bonds is 6. The Labute approximate surface area is 85.9 Å². The van der Waals surface area contributed by atoms with Crippen LogP contribution in [-0.4, -0.2) is 24.2 Å². The van der Waals surface area contributed by atoms with E-state index in [1.807, 2.05) is 0 Å². The van der Waals surface area contributed by atoms with Gasteiger partial charge in [-0.05, 0) is 30.7 Å². The van der Waals surface area contributed by atoms with Gasteiger partial charge in [0.2, 0.25) is 0 Å². The lowest BCUT2D eigenvalue weighted by molar-refractivity contribution is -0.138. The molecule has 0 radical (unpaired) electrons. The Hall–Kier alpha value is -0.570. The molecule has 2 unspecified atom stereocenters. The Balaban J connectivity index is 2.09. The van der Waals surface area contributed by atoms with Gasteiger partial charge in [0.05, 0.1) is 5.92 Å². The summed E-state index contributed by atoms with van der Waals surface area (Å²) in [7, 11) is 0. The van der Waals surface area contributed by atoms with Crippen molar-refractivity contribution in [3.8, 4) is 0 Å². The van der Waals surface area contributed by atoms with E-state index in [0.29, 0.717) is 11.3 Å². The van der Waals surface area contributed by atoms with Crippen LogP contribution in [0.5, 0.6) is 0 Å². The van der Waals surface area contributed by atoms with Crippen LogP contribution in [0.25, 0.3) is 0 Å². The first-order chi connectivity index (χ1) is 6.46. The van der Waals surface area contributed by atoms with Crippen LogP contribution in [0.1, 0.15) is 33.6 Å². The summed E-state index contributed by atoms with van der Waals surface area (Å²) in [6, 6.07) is 0. The van der Waals surface area contributed by atoms with Gasteiger partial charge in [0, 0.05) is 6.54 Å². The lowest BCUT2D eigenvalue weighted by Crippen LogP contribution is -2.30. The van der Waals surface area contributed by atoms with Crippen LogP contribution in [0, 0.1) is 17.3 Å². The molecule has 0 aromatic rings. The molecule has 1 aliphatic rings. The molecule has 1 saturated carbocycles. The normalized spacial score (nSPS) is 26.2. The predicted octanol–water partition coefficient (Wildman–Crippen LogP) is 1.73. The predicted molar refractivity (Wildman–Crippen MR) is 56.2 cm³/mol. The Kier molecular flexibility index (Phi) is 3.53. The third-order valence-corrected chi connectivity index (χ3v) is 3.21. The second kappa shape index (κ2) is 4.30. The minimum absolute atomic E-state index is 0.0766. The SMILES string of the molecule is CCC(C)(C)CNCC1CC1C(=O)O. The van der Waals surface area contributed by atoms with Gasteiger partial charge in [0.15, 0.2) is 0 Å². The van der Waals surface area contributed by atoms with E-state index in [9.17, 15) is 4.79 Å². The smallest absolute Gasteiger partial charge is 0.306 e. The van der Waals surface area contributed by atoms with Crippen molar-refractivity contribution >= 4 is 5.97 Å². The summed E-state index contributed by atoms with van der Waals surface area (Å²) in [4.78, 5) is 10.6. The number of carboxylic acids is 1. The molecule has 0 aliphatic heterocycles. The van der Waals surface area contributed by atoms with Gasteiger partial charge in [-0.25, -0.2) is 0 Å². The second-order valence-corrected chi connectivity index (χ2v) is 5.09. The van der Waals surface area contributed by atoms with Gasteiger partial charge in [-0.3, -0.25) is 4.79 Å². The van der Waals surface area contributed by atoms with Crippen molar-refractivity contribution in [1.29, 1.82) is 0 Å². The fourth-order valence-electron chi connectivity index (χ4n) is 1.50. The van der Waals surface area contributed by atoms with E-state index >= 15 is 0 Å². The molecule has 0 heterocycles. The van der Waals surface area contributed by atoms with Crippen molar-refractivity contribution in [2.45, 2.75) is 33.6 Å². The van der Waals surface area contributed by atoms with Gasteiger partial charge in [-0.1, -0.05) is 20.8 Å². The molecule has 0 amide bonds. The minimum atomic E-state index is -0.633. The summed E-state index contributed by atoms with van der Waals surface area (Å²) in [6.07, 6.45) is 2.00. The van der Waals surface area contributed by atoms with Gasteiger partial charge in [-0.15, -0.1) is 0 Å². The second-order valence-electron chi connectivity index (χ2n) is 5.09. The Morgan fingerprint density at radius 1 is 1.57 bits per heavy atom. The average Bonchev–Trinajstić information content (AvgIpc) is 2.84. The molecular weight excluding hydrogens is 178 g/mol. The summed E-state index contributed by atoms with van der Waals surface area (Å²) in [6.45, 7) is 8.47. The summed E-state index contributed by atoms with van der Waals surface area (Å²) < 4.78 is 0. The highest BCUT2D eigenvalue weighted by Crippen LogP contribution is 2.37. The van der Waals surface area contributed by atoms with E-state index in [0.717, 1.165) is 25.9 Å². The standard InChI is InChI=1S/C11H21NO2/c1-4-11(2,3)7-12-6-8-5-9(8)10(13)14/h8-9,12H,4-7H2,1-3H3,(H,13,14). The van der Waals surface area contributed by atoms with E-state index in [4.69, 9.17) is 5.11 Å². The first kappa shape index (κ1) is 11.5. The van der Waals surface area contributed by atoms with Crippen molar-refractivity contribution in [3.63, 3.8) is 0 Å². The number of carbonyl (C=O) groups is 1. The maximum absolute atomic E-state index is 10.6. The quantitative estimate of drug-likeness (QED) is 0.685. The zero-order chi connectivity index (χ0) is 10.8.